The van der Waals surface area contributed by atoms with Gasteiger partial charge < -0.3 is 10.1 Å². The number of ether oxygens (including phenoxy) is 1. The minimum atomic E-state index is -0.219. The smallest absolute Gasteiger partial charge is 0.305 e. The molecule has 1 aliphatic heterocycles. The van der Waals surface area contributed by atoms with Crippen LogP contribution in [0.2, 0.25) is 0 Å². The summed E-state index contributed by atoms with van der Waals surface area (Å²) in [7, 11) is 1.38. The maximum Gasteiger partial charge on any atom is 0.305 e. The summed E-state index contributed by atoms with van der Waals surface area (Å²) in [6.45, 7) is 2.77. The van der Waals surface area contributed by atoms with Crippen LogP contribution in [0.5, 0.6) is 0 Å². The number of carbonyl (C=O) groups is 2. The van der Waals surface area contributed by atoms with Crippen molar-refractivity contribution in [3.8, 4) is 0 Å². The third kappa shape index (κ3) is 2.72. The average Bonchev–Trinajstić information content (AvgIpc) is 2.18. The van der Waals surface area contributed by atoms with Gasteiger partial charge in [-0.25, -0.2) is 0 Å². The highest BCUT2D eigenvalue weighted by Crippen LogP contribution is 2.25. The minimum absolute atomic E-state index is 0.0450. The number of nitrogens with one attached hydrogen (secondary N) is 1. The highest BCUT2D eigenvalue weighted by Gasteiger charge is 2.29. The number of rotatable bonds is 3. The lowest BCUT2D eigenvalue weighted by Gasteiger charge is -2.29. The number of amides is 1. The zero-order valence-corrected chi connectivity index (χ0v) is 8.71. The predicted octanol–water partition coefficient (Wildman–Crippen LogP) is 0.712. The van der Waals surface area contributed by atoms with Gasteiger partial charge in [0.25, 0.3) is 0 Å². The monoisotopic (exact) mass is 199 g/mol. The van der Waals surface area contributed by atoms with Crippen LogP contribution in [0.25, 0.3) is 0 Å². The Morgan fingerprint density at radius 3 is 2.86 bits per heavy atom. The van der Waals surface area contributed by atoms with E-state index >= 15 is 0 Å². The second kappa shape index (κ2) is 4.98. The summed E-state index contributed by atoms with van der Waals surface area (Å²) in [6.07, 6.45) is 1.80. The largest absolute Gasteiger partial charge is 0.469 e. The summed E-state index contributed by atoms with van der Waals surface area (Å²) in [5, 5.41) is 2.81. The van der Waals surface area contributed by atoms with Crippen molar-refractivity contribution in [2.75, 3.05) is 13.7 Å². The van der Waals surface area contributed by atoms with Gasteiger partial charge in [0.05, 0.1) is 7.11 Å². The molecule has 80 valence electrons. The van der Waals surface area contributed by atoms with E-state index in [2.05, 4.69) is 17.0 Å². The Balaban J connectivity index is 2.52. The SMILES string of the molecule is CC[C@H]1CNC(=O)CC1CC(=O)OC. The molecule has 0 spiro atoms. The molecule has 4 heteroatoms. The topological polar surface area (TPSA) is 55.4 Å². The van der Waals surface area contributed by atoms with Gasteiger partial charge in [0.1, 0.15) is 0 Å². The number of hydrogen-bond acceptors (Lipinski definition) is 3. The van der Waals surface area contributed by atoms with E-state index in [1.54, 1.807) is 0 Å². The first-order valence-corrected chi connectivity index (χ1v) is 5.00. The van der Waals surface area contributed by atoms with Gasteiger partial charge >= 0.3 is 5.97 Å². The third-order valence-electron chi connectivity index (χ3n) is 2.86. The van der Waals surface area contributed by atoms with Crippen LogP contribution in [-0.4, -0.2) is 25.5 Å². The summed E-state index contributed by atoms with van der Waals surface area (Å²) >= 11 is 0. The fraction of sp³-hybridized carbons (Fsp3) is 0.800. The van der Waals surface area contributed by atoms with E-state index in [-0.39, 0.29) is 17.8 Å². The highest BCUT2D eigenvalue weighted by molar-refractivity contribution is 5.78. The Morgan fingerprint density at radius 2 is 2.29 bits per heavy atom. The molecule has 0 aromatic heterocycles. The van der Waals surface area contributed by atoms with Crippen molar-refractivity contribution in [2.24, 2.45) is 11.8 Å². The van der Waals surface area contributed by atoms with Crippen molar-refractivity contribution in [2.45, 2.75) is 26.2 Å². The molecular formula is C10H17NO3. The molecule has 1 heterocycles. The van der Waals surface area contributed by atoms with Gasteiger partial charge in [-0.1, -0.05) is 13.3 Å². The maximum atomic E-state index is 11.1. The van der Waals surface area contributed by atoms with E-state index in [0.717, 1.165) is 6.42 Å². The Kier molecular flexibility index (Phi) is 3.92. The molecule has 0 bridgehead atoms. The summed E-state index contributed by atoms with van der Waals surface area (Å²) in [4.78, 5) is 22.2. The second-order valence-electron chi connectivity index (χ2n) is 3.72. The number of esters is 1. The molecule has 0 saturated carbocycles. The van der Waals surface area contributed by atoms with E-state index in [9.17, 15) is 9.59 Å². The first kappa shape index (κ1) is 11.0. The van der Waals surface area contributed by atoms with Crippen LogP contribution in [0.4, 0.5) is 0 Å². The molecule has 1 aliphatic rings. The van der Waals surface area contributed by atoms with Crippen molar-refractivity contribution < 1.29 is 14.3 Å². The number of hydrogen-bond donors (Lipinski definition) is 1. The second-order valence-corrected chi connectivity index (χ2v) is 3.72. The maximum absolute atomic E-state index is 11.1. The molecular weight excluding hydrogens is 182 g/mol. The standard InChI is InChI=1S/C10H17NO3/c1-3-7-6-11-9(12)4-8(7)5-10(13)14-2/h7-8H,3-6H2,1-2H3,(H,11,12)/t7-,8?/m0/s1. The Labute approximate surface area is 84.0 Å². The molecule has 1 fully saturated rings. The highest BCUT2D eigenvalue weighted by atomic mass is 16.5. The normalized spacial score (nSPS) is 26.9. The van der Waals surface area contributed by atoms with Crippen molar-refractivity contribution in [1.29, 1.82) is 0 Å². The molecule has 1 N–H and O–H groups in total. The molecule has 0 aromatic rings. The van der Waals surface area contributed by atoms with Gasteiger partial charge in [-0.3, -0.25) is 9.59 Å². The van der Waals surface area contributed by atoms with Crippen molar-refractivity contribution in [1.82, 2.24) is 5.32 Å². The molecule has 2 atom stereocenters. The number of carbonyl (C=O) groups excluding carboxylic acids is 2. The molecule has 0 radical (unpaired) electrons. The van der Waals surface area contributed by atoms with Gasteiger partial charge in [-0.05, 0) is 11.8 Å². The van der Waals surface area contributed by atoms with E-state index < -0.39 is 0 Å². The zero-order valence-electron chi connectivity index (χ0n) is 8.71. The minimum Gasteiger partial charge on any atom is -0.469 e. The van der Waals surface area contributed by atoms with Crippen molar-refractivity contribution >= 4 is 11.9 Å². The van der Waals surface area contributed by atoms with Crippen LogP contribution in [0.15, 0.2) is 0 Å². The number of piperidine rings is 1. The van der Waals surface area contributed by atoms with Crippen LogP contribution < -0.4 is 5.32 Å². The third-order valence-corrected chi connectivity index (χ3v) is 2.86. The van der Waals surface area contributed by atoms with Crippen LogP contribution >= 0.6 is 0 Å². The van der Waals surface area contributed by atoms with E-state index in [4.69, 9.17) is 0 Å². The Bertz CT molecular complexity index is 227. The molecule has 1 unspecified atom stereocenters. The molecule has 1 saturated heterocycles. The average molecular weight is 199 g/mol. The lowest BCUT2D eigenvalue weighted by molar-refractivity contribution is -0.142. The summed E-state index contributed by atoms with van der Waals surface area (Å²) in [5.74, 6) is 0.389. The zero-order chi connectivity index (χ0) is 10.6. The van der Waals surface area contributed by atoms with Gasteiger partial charge in [0.15, 0.2) is 0 Å². The van der Waals surface area contributed by atoms with Crippen LogP contribution in [-0.2, 0) is 14.3 Å². The summed E-state index contributed by atoms with van der Waals surface area (Å²) in [5.41, 5.74) is 0. The fourth-order valence-electron chi connectivity index (χ4n) is 1.90. The van der Waals surface area contributed by atoms with Gasteiger partial charge in [-0.2, -0.15) is 0 Å². The van der Waals surface area contributed by atoms with Crippen molar-refractivity contribution in [3.63, 3.8) is 0 Å². The van der Waals surface area contributed by atoms with Gasteiger partial charge in [0.2, 0.25) is 5.91 Å². The van der Waals surface area contributed by atoms with Crippen LogP contribution in [0.3, 0.4) is 0 Å². The molecule has 14 heavy (non-hydrogen) atoms. The van der Waals surface area contributed by atoms with E-state index in [1.165, 1.54) is 7.11 Å². The lowest BCUT2D eigenvalue weighted by Crippen LogP contribution is -2.41. The quantitative estimate of drug-likeness (QED) is 0.681. The molecule has 1 rings (SSSR count). The summed E-state index contributed by atoms with van der Waals surface area (Å²) in [6, 6.07) is 0. The Hall–Kier alpha value is -1.06. The summed E-state index contributed by atoms with van der Waals surface area (Å²) < 4.78 is 4.61. The molecule has 1 amide bonds. The van der Waals surface area contributed by atoms with Crippen molar-refractivity contribution in [3.05, 3.63) is 0 Å². The van der Waals surface area contributed by atoms with Gasteiger partial charge in [-0.15, -0.1) is 0 Å². The Morgan fingerprint density at radius 1 is 1.57 bits per heavy atom. The van der Waals surface area contributed by atoms with Gasteiger partial charge in [0, 0.05) is 19.4 Å². The first-order chi connectivity index (χ1) is 6.67. The van der Waals surface area contributed by atoms with E-state index in [0.29, 0.717) is 25.3 Å². The predicted molar refractivity (Wildman–Crippen MR) is 51.5 cm³/mol. The van der Waals surface area contributed by atoms with E-state index in [1.807, 2.05) is 0 Å². The molecule has 0 aromatic carbocycles. The molecule has 0 aliphatic carbocycles. The molecule has 4 nitrogen and oxygen atoms in total. The number of methoxy groups -OCH3 is 1. The first-order valence-electron chi connectivity index (χ1n) is 5.00. The van der Waals surface area contributed by atoms with Crippen LogP contribution in [0.1, 0.15) is 26.2 Å². The lowest BCUT2D eigenvalue weighted by atomic mass is 9.82. The fourth-order valence-corrected chi connectivity index (χ4v) is 1.90. The van der Waals surface area contributed by atoms with Crippen LogP contribution in [0, 0.1) is 11.8 Å².